The van der Waals surface area contributed by atoms with E-state index in [2.05, 4.69) is 0 Å². The van der Waals surface area contributed by atoms with Gasteiger partial charge in [0.15, 0.2) is 0 Å². The second-order valence-electron chi connectivity index (χ2n) is 3.27. The van der Waals surface area contributed by atoms with Crippen LogP contribution in [0.5, 0.6) is 0 Å². The number of hydrogen-bond acceptors (Lipinski definition) is 4. The Hall–Kier alpha value is -0.160. The Morgan fingerprint density at radius 2 is 2.08 bits per heavy atom. The van der Waals surface area contributed by atoms with Gasteiger partial charge in [0, 0.05) is 19.1 Å². The van der Waals surface area contributed by atoms with E-state index < -0.39 is 0 Å². The Balaban J connectivity index is 2.39. The van der Waals surface area contributed by atoms with Crippen molar-refractivity contribution in [2.24, 2.45) is 0 Å². The zero-order valence-electron chi connectivity index (χ0n) is 7.19. The van der Waals surface area contributed by atoms with E-state index in [4.69, 9.17) is 10.2 Å². The van der Waals surface area contributed by atoms with Crippen molar-refractivity contribution < 1.29 is 15.3 Å². The summed E-state index contributed by atoms with van der Waals surface area (Å²) in [4.78, 5) is 2.02. The molecule has 1 rings (SSSR count). The van der Waals surface area contributed by atoms with Gasteiger partial charge in [-0.15, -0.1) is 0 Å². The molecule has 1 aliphatic rings. The Morgan fingerprint density at radius 3 is 2.67 bits per heavy atom. The first-order chi connectivity index (χ1) is 5.77. The smallest absolute Gasteiger partial charge is 0.0587 e. The lowest BCUT2D eigenvalue weighted by Gasteiger charge is -2.36. The van der Waals surface area contributed by atoms with Crippen molar-refractivity contribution in [1.29, 1.82) is 0 Å². The van der Waals surface area contributed by atoms with Crippen molar-refractivity contribution in [3.05, 3.63) is 0 Å². The Morgan fingerprint density at radius 1 is 1.33 bits per heavy atom. The molecule has 0 aliphatic carbocycles. The van der Waals surface area contributed by atoms with Crippen LogP contribution in [0.25, 0.3) is 0 Å². The normalized spacial score (nSPS) is 32.2. The van der Waals surface area contributed by atoms with Gasteiger partial charge >= 0.3 is 0 Å². The summed E-state index contributed by atoms with van der Waals surface area (Å²) in [5, 5.41) is 27.0. The minimum Gasteiger partial charge on any atom is -0.395 e. The van der Waals surface area contributed by atoms with E-state index in [1.54, 1.807) is 0 Å². The fourth-order valence-electron chi connectivity index (χ4n) is 1.69. The molecule has 3 N–H and O–H groups in total. The third-order valence-corrected chi connectivity index (χ3v) is 2.41. The largest absolute Gasteiger partial charge is 0.395 e. The maximum Gasteiger partial charge on any atom is 0.0587 e. The number of aliphatic hydroxyl groups excluding tert-OH is 3. The Kier molecular flexibility index (Phi) is 3.94. The molecule has 0 aromatic carbocycles. The standard InChI is InChI=1S/C8H17NO3/c10-4-3-9-2-1-8(12)5-7(9)6-11/h7-8,10-12H,1-6H2/t7-,8+/m0/s1. The van der Waals surface area contributed by atoms with Crippen molar-refractivity contribution in [3.63, 3.8) is 0 Å². The van der Waals surface area contributed by atoms with Crippen LogP contribution in [0.4, 0.5) is 0 Å². The fraction of sp³-hybridized carbons (Fsp3) is 1.00. The average molecular weight is 175 g/mol. The summed E-state index contributed by atoms with van der Waals surface area (Å²) in [7, 11) is 0. The van der Waals surface area contributed by atoms with Gasteiger partial charge in [-0.2, -0.15) is 0 Å². The van der Waals surface area contributed by atoms with E-state index in [-0.39, 0.29) is 25.4 Å². The minimum absolute atomic E-state index is 0.0286. The summed E-state index contributed by atoms with van der Waals surface area (Å²) in [5.41, 5.74) is 0. The summed E-state index contributed by atoms with van der Waals surface area (Å²) in [5.74, 6) is 0. The van der Waals surface area contributed by atoms with E-state index in [1.807, 2.05) is 4.90 Å². The lowest BCUT2D eigenvalue weighted by molar-refractivity contribution is 0.00987. The quantitative estimate of drug-likeness (QED) is 0.504. The molecule has 0 aromatic heterocycles. The number of hydrogen-bond donors (Lipinski definition) is 3. The van der Waals surface area contributed by atoms with Crippen LogP contribution in [-0.4, -0.2) is 58.7 Å². The summed E-state index contributed by atoms with van der Waals surface area (Å²) in [6.07, 6.45) is 1.09. The van der Waals surface area contributed by atoms with E-state index >= 15 is 0 Å². The van der Waals surface area contributed by atoms with Gasteiger partial charge in [0.2, 0.25) is 0 Å². The number of piperidine rings is 1. The van der Waals surface area contributed by atoms with Crippen LogP contribution in [0.15, 0.2) is 0 Å². The molecule has 1 saturated heterocycles. The van der Waals surface area contributed by atoms with Crippen molar-refractivity contribution in [2.75, 3.05) is 26.3 Å². The maximum atomic E-state index is 9.30. The topological polar surface area (TPSA) is 63.9 Å². The highest BCUT2D eigenvalue weighted by molar-refractivity contribution is 4.80. The molecule has 0 amide bonds. The molecule has 4 heteroatoms. The molecule has 0 aromatic rings. The molecule has 72 valence electrons. The van der Waals surface area contributed by atoms with Crippen LogP contribution in [0.2, 0.25) is 0 Å². The van der Waals surface area contributed by atoms with Crippen LogP contribution in [0.1, 0.15) is 12.8 Å². The van der Waals surface area contributed by atoms with E-state index in [0.29, 0.717) is 13.0 Å². The number of β-amino-alcohol motifs (C(OH)–C–C–N with tert-alkyl or cyclic N) is 1. The molecule has 0 bridgehead atoms. The molecule has 0 saturated carbocycles. The third kappa shape index (κ3) is 2.42. The van der Waals surface area contributed by atoms with Crippen molar-refractivity contribution in [3.8, 4) is 0 Å². The van der Waals surface area contributed by atoms with Crippen LogP contribution < -0.4 is 0 Å². The van der Waals surface area contributed by atoms with E-state index in [1.165, 1.54) is 0 Å². The maximum absolute atomic E-state index is 9.30. The van der Waals surface area contributed by atoms with Crippen LogP contribution in [0.3, 0.4) is 0 Å². The highest BCUT2D eigenvalue weighted by Gasteiger charge is 2.25. The van der Waals surface area contributed by atoms with Crippen LogP contribution >= 0.6 is 0 Å². The zero-order chi connectivity index (χ0) is 8.97. The van der Waals surface area contributed by atoms with Gasteiger partial charge in [0.25, 0.3) is 0 Å². The molecular formula is C8H17NO3. The fourth-order valence-corrected chi connectivity index (χ4v) is 1.69. The third-order valence-electron chi connectivity index (χ3n) is 2.41. The van der Waals surface area contributed by atoms with Gasteiger partial charge in [-0.3, -0.25) is 4.90 Å². The number of likely N-dealkylation sites (tertiary alicyclic amines) is 1. The highest BCUT2D eigenvalue weighted by atomic mass is 16.3. The van der Waals surface area contributed by atoms with Crippen molar-refractivity contribution in [2.45, 2.75) is 25.0 Å². The summed E-state index contributed by atoms with van der Waals surface area (Å²) in [6.45, 7) is 1.55. The lowest BCUT2D eigenvalue weighted by atomic mass is 10.0. The molecule has 1 aliphatic heterocycles. The molecule has 0 unspecified atom stereocenters. The molecular weight excluding hydrogens is 158 g/mol. The van der Waals surface area contributed by atoms with Crippen molar-refractivity contribution in [1.82, 2.24) is 4.90 Å². The van der Waals surface area contributed by atoms with E-state index in [9.17, 15) is 5.11 Å². The Bertz CT molecular complexity index is 131. The number of nitrogens with zero attached hydrogens (tertiary/aromatic N) is 1. The molecule has 1 heterocycles. The Labute approximate surface area is 72.4 Å². The molecule has 2 atom stereocenters. The lowest BCUT2D eigenvalue weighted by Crippen LogP contribution is -2.47. The SMILES string of the molecule is OCCN1CC[C@@H](O)C[C@H]1CO. The predicted molar refractivity (Wildman–Crippen MR) is 44.8 cm³/mol. The van der Waals surface area contributed by atoms with Gasteiger partial charge in [-0.05, 0) is 12.8 Å². The second-order valence-corrected chi connectivity index (χ2v) is 3.27. The molecule has 1 fully saturated rings. The number of aliphatic hydroxyl groups is 3. The predicted octanol–water partition coefficient (Wildman–Crippen LogP) is -1.20. The van der Waals surface area contributed by atoms with E-state index in [0.717, 1.165) is 13.0 Å². The first kappa shape index (κ1) is 9.92. The first-order valence-corrected chi connectivity index (χ1v) is 4.41. The molecule has 0 radical (unpaired) electrons. The minimum atomic E-state index is -0.280. The first-order valence-electron chi connectivity index (χ1n) is 4.41. The van der Waals surface area contributed by atoms with Gasteiger partial charge in [-0.1, -0.05) is 0 Å². The number of rotatable bonds is 3. The average Bonchev–Trinajstić information content (AvgIpc) is 2.08. The van der Waals surface area contributed by atoms with Crippen LogP contribution in [0, 0.1) is 0 Å². The zero-order valence-corrected chi connectivity index (χ0v) is 7.19. The molecule has 4 nitrogen and oxygen atoms in total. The summed E-state index contributed by atoms with van der Waals surface area (Å²) >= 11 is 0. The van der Waals surface area contributed by atoms with Gasteiger partial charge < -0.3 is 15.3 Å². The second kappa shape index (κ2) is 4.77. The monoisotopic (exact) mass is 175 g/mol. The highest BCUT2D eigenvalue weighted by Crippen LogP contribution is 2.16. The van der Waals surface area contributed by atoms with Crippen molar-refractivity contribution >= 4 is 0 Å². The summed E-state index contributed by atoms with van der Waals surface area (Å²) in [6, 6.07) is 0.0286. The molecule has 0 spiro atoms. The van der Waals surface area contributed by atoms with Crippen LogP contribution in [-0.2, 0) is 0 Å². The van der Waals surface area contributed by atoms with Gasteiger partial charge in [-0.25, -0.2) is 0 Å². The summed E-state index contributed by atoms with van der Waals surface area (Å²) < 4.78 is 0. The molecule has 12 heavy (non-hydrogen) atoms. The van der Waals surface area contributed by atoms with Gasteiger partial charge in [0.1, 0.15) is 0 Å². The van der Waals surface area contributed by atoms with Gasteiger partial charge in [0.05, 0.1) is 19.3 Å².